The van der Waals surface area contributed by atoms with Crippen molar-refractivity contribution in [2.75, 3.05) is 0 Å². The Labute approximate surface area is 144 Å². The van der Waals surface area contributed by atoms with E-state index in [9.17, 15) is 14.4 Å². The van der Waals surface area contributed by atoms with Gasteiger partial charge in [-0.2, -0.15) is 0 Å². The molecule has 5 nitrogen and oxygen atoms in total. The molecule has 7 heteroatoms. The summed E-state index contributed by atoms with van der Waals surface area (Å²) in [5.41, 5.74) is -1.09. The normalized spacial score (nSPS) is 18.9. The summed E-state index contributed by atoms with van der Waals surface area (Å²) < 4.78 is 0. The van der Waals surface area contributed by atoms with E-state index in [0.717, 1.165) is 12.8 Å². The number of nitrogens with one attached hydrogen (secondary N) is 2. The molecule has 0 aromatic carbocycles. The molecule has 1 atom stereocenters. The second kappa shape index (κ2) is 8.41. The molecule has 2 N–H and O–H groups in total. The van der Waals surface area contributed by atoms with Crippen molar-refractivity contribution < 1.29 is 64.8 Å². The number of carbonyl (C=O) groups is 3. The SMILES string of the molecule is CCCC(C)C1(CC)C(=O)NC(=O)NC1=O.[H-].[Na+].[Zn]. The first-order valence-electron chi connectivity index (χ1n) is 5.65. The number of rotatable bonds is 4. The molecule has 1 rings (SSSR count). The Hall–Kier alpha value is 0.233. The summed E-state index contributed by atoms with van der Waals surface area (Å²) in [5.74, 6) is -1.01. The third-order valence-electron chi connectivity index (χ3n) is 3.39. The fourth-order valence-electron chi connectivity index (χ4n) is 2.36. The van der Waals surface area contributed by atoms with Gasteiger partial charge in [0.15, 0.2) is 0 Å². The number of urea groups is 1. The molecule has 0 aliphatic carbocycles. The van der Waals surface area contributed by atoms with Crippen molar-refractivity contribution in [2.45, 2.75) is 40.0 Å². The van der Waals surface area contributed by atoms with Gasteiger partial charge in [0.25, 0.3) is 0 Å². The largest absolute Gasteiger partial charge is 1.00 e. The van der Waals surface area contributed by atoms with Crippen LogP contribution in [0.25, 0.3) is 0 Å². The molecular weight excluding hydrogens is 297 g/mol. The minimum Gasteiger partial charge on any atom is -1.00 e. The number of carbonyl (C=O) groups excluding carboxylic acids is 3. The van der Waals surface area contributed by atoms with E-state index in [0.29, 0.717) is 6.42 Å². The van der Waals surface area contributed by atoms with Gasteiger partial charge in [0.2, 0.25) is 11.8 Å². The van der Waals surface area contributed by atoms with Crippen LogP contribution in [0.4, 0.5) is 4.79 Å². The number of hydrogen-bond acceptors (Lipinski definition) is 3. The van der Waals surface area contributed by atoms with E-state index < -0.39 is 23.3 Å². The van der Waals surface area contributed by atoms with Crippen LogP contribution in [0.15, 0.2) is 0 Å². The van der Waals surface area contributed by atoms with Gasteiger partial charge >= 0.3 is 35.6 Å². The number of imide groups is 2. The molecule has 94 valence electrons. The zero-order valence-corrected chi connectivity index (χ0v) is 16.6. The quantitative estimate of drug-likeness (QED) is 0.480. The molecule has 4 amide bonds. The molecule has 1 aliphatic heterocycles. The molecule has 0 aromatic heterocycles. The molecule has 1 fully saturated rings. The smallest absolute Gasteiger partial charge is 1.00 e. The van der Waals surface area contributed by atoms with Gasteiger partial charge in [0, 0.05) is 19.5 Å². The van der Waals surface area contributed by atoms with Gasteiger partial charge in [-0.25, -0.2) is 4.79 Å². The molecule has 1 heterocycles. The van der Waals surface area contributed by atoms with Crippen LogP contribution in [0.3, 0.4) is 0 Å². The summed E-state index contributed by atoms with van der Waals surface area (Å²) >= 11 is 0. The average molecular weight is 316 g/mol. The van der Waals surface area contributed by atoms with E-state index in [1.54, 1.807) is 6.92 Å². The maximum Gasteiger partial charge on any atom is 1.00 e. The van der Waals surface area contributed by atoms with Gasteiger partial charge in [-0.1, -0.05) is 27.2 Å². The number of amides is 4. The van der Waals surface area contributed by atoms with Crippen LogP contribution < -0.4 is 40.2 Å². The van der Waals surface area contributed by atoms with Crippen LogP contribution in [-0.2, 0) is 29.1 Å². The molecule has 0 saturated carbocycles. The average Bonchev–Trinajstić information content (AvgIpc) is 2.18. The zero-order valence-electron chi connectivity index (χ0n) is 12.6. The molecule has 0 aromatic rings. The molecule has 0 radical (unpaired) electrons. The summed E-state index contributed by atoms with van der Waals surface area (Å²) in [6.45, 7) is 5.67. The molecule has 1 saturated heterocycles. The van der Waals surface area contributed by atoms with Gasteiger partial charge in [-0.3, -0.25) is 20.2 Å². The molecule has 0 bridgehead atoms. The van der Waals surface area contributed by atoms with E-state index in [1.165, 1.54) is 0 Å². The van der Waals surface area contributed by atoms with Crippen molar-refractivity contribution in [1.29, 1.82) is 0 Å². The summed E-state index contributed by atoms with van der Waals surface area (Å²) in [7, 11) is 0. The fourth-order valence-corrected chi connectivity index (χ4v) is 2.36. The molecule has 1 aliphatic rings. The Morgan fingerprint density at radius 3 is 1.94 bits per heavy atom. The topological polar surface area (TPSA) is 75.3 Å². The van der Waals surface area contributed by atoms with Crippen molar-refractivity contribution in [3.63, 3.8) is 0 Å². The zero-order chi connectivity index (χ0) is 12.3. The first-order valence-corrected chi connectivity index (χ1v) is 5.65. The van der Waals surface area contributed by atoms with Gasteiger partial charge in [-0.15, -0.1) is 0 Å². The van der Waals surface area contributed by atoms with Crippen molar-refractivity contribution in [3.8, 4) is 0 Å². The van der Waals surface area contributed by atoms with Gasteiger partial charge in [-0.05, 0) is 18.8 Å². The van der Waals surface area contributed by atoms with Gasteiger partial charge < -0.3 is 1.43 Å². The second-order valence-corrected chi connectivity index (χ2v) is 4.25. The van der Waals surface area contributed by atoms with E-state index in [4.69, 9.17) is 0 Å². The van der Waals surface area contributed by atoms with Crippen molar-refractivity contribution in [2.24, 2.45) is 11.3 Å². The number of barbiturate groups is 1. The Balaban J connectivity index is -0.000000853. The minimum atomic E-state index is -1.09. The Morgan fingerprint density at radius 1 is 1.17 bits per heavy atom. The Morgan fingerprint density at radius 2 is 1.61 bits per heavy atom. The maximum absolute atomic E-state index is 11.9. The predicted molar refractivity (Wildman–Crippen MR) is 59.6 cm³/mol. The van der Waals surface area contributed by atoms with Crippen molar-refractivity contribution in [3.05, 3.63) is 0 Å². The van der Waals surface area contributed by atoms with Crippen molar-refractivity contribution >= 4 is 17.8 Å². The van der Waals surface area contributed by atoms with Crippen LogP contribution in [0.2, 0.25) is 0 Å². The number of hydrogen-bond donors (Lipinski definition) is 2. The fraction of sp³-hybridized carbons (Fsp3) is 0.727. The summed E-state index contributed by atoms with van der Waals surface area (Å²) in [4.78, 5) is 34.8. The summed E-state index contributed by atoms with van der Waals surface area (Å²) in [6.07, 6.45) is 2.08. The van der Waals surface area contributed by atoms with E-state index in [2.05, 4.69) is 10.6 Å². The van der Waals surface area contributed by atoms with Gasteiger partial charge in [0.1, 0.15) is 5.41 Å². The molecule has 1 unspecified atom stereocenters. The standard InChI is InChI=1S/C11H18N2O3.Na.Zn.H/c1-4-6-7(3)11(5-2)8(14)12-10(16)13-9(11)15;;;/h7H,4-6H2,1-3H3,(H2,12,13,14,15,16);;;/q;+1;;-1. The first kappa shape index (κ1) is 20.5. The van der Waals surface area contributed by atoms with E-state index in [-0.39, 0.29) is 56.4 Å². The molecular formula is C11H19N2NaO3Zn. The minimum absolute atomic E-state index is 0. The van der Waals surface area contributed by atoms with Crippen LogP contribution in [0.5, 0.6) is 0 Å². The van der Waals surface area contributed by atoms with Crippen LogP contribution >= 0.6 is 0 Å². The van der Waals surface area contributed by atoms with E-state index in [1.807, 2.05) is 13.8 Å². The van der Waals surface area contributed by atoms with Crippen LogP contribution in [-0.4, -0.2) is 17.8 Å². The molecule has 18 heavy (non-hydrogen) atoms. The molecule has 0 spiro atoms. The monoisotopic (exact) mass is 314 g/mol. The van der Waals surface area contributed by atoms with Crippen molar-refractivity contribution in [1.82, 2.24) is 10.6 Å². The Bertz CT molecular complexity index is 322. The third kappa shape index (κ3) is 3.63. The van der Waals surface area contributed by atoms with Crippen LogP contribution in [0, 0.1) is 11.3 Å². The van der Waals surface area contributed by atoms with Gasteiger partial charge in [0.05, 0.1) is 0 Å². The van der Waals surface area contributed by atoms with E-state index >= 15 is 0 Å². The maximum atomic E-state index is 11.9. The summed E-state index contributed by atoms with van der Waals surface area (Å²) in [6, 6.07) is -0.720. The van der Waals surface area contributed by atoms with Crippen LogP contribution in [0.1, 0.15) is 41.5 Å². The summed E-state index contributed by atoms with van der Waals surface area (Å²) in [5, 5.41) is 4.36. The Kier molecular flexibility index (Phi) is 9.60. The first-order chi connectivity index (χ1) is 7.48. The predicted octanol–water partition coefficient (Wildman–Crippen LogP) is -1.70. The third-order valence-corrected chi connectivity index (χ3v) is 3.39. The second-order valence-electron chi connectivity index (χ2n) is 4.25.